The van der Waals surface area contributed by atoms with Crippen molar-refractivity contribution in [3.8, 4) is 17.0 Å². The number of fused-ring (bicyclic) bond motifs is 1. The number of carbonyl (C=O) groups is 1. The van der Waals surface area contributed by atoms with E-state index in [0.717, 1.165) is 33.3 Å². The molecule has 3 aromatic rings. The number of H-pyrrole nitrogens is 1. The molecule has 1 aromatic heterocycles. The van der Waals surface area contributed by atoms with Crippen LogP contribution in [-0.2, 0) is 11.2 Å². The minimum Gasteiger partial charge on any atom is -0.496 e. The fourth-order valence-electron chi connectivity index (χ4n) is 2.80. The van der Waals surface area contributed by atoms with Gasteiger partial charge in [-0.3, -0.25) is 4.79 Å². The average molecular weight is 330 g/mol. The third kappa shape index (κ3) is 2.90. The number of carboxylic acid groups (broad SMARTS) is 1. The Morgan fingerprint density at radius 2 is 2.04 bits per heavy atom. The fourth-order valence-corrected chi connectivity index (χ4v) is 2.97. The summed E-state index contributed by atoms with van der Waals surface area (Å²) in [6.45, 7) is 1.98. The molecule has 0 spiro atoms. The monoisotopic (exact) mass is 329 g/mol. The van der Waals surface area contributed by atoms with Gasteiger partial charge in [0.2, 0.25) is 0 Å². The first kappa shape index (κ1) is 15.4. The number of hydrogen-bond acceptors (Lipinski definition) is 2. The van der Waals surface area contributed by atoms with Gasteiger partial charge in [0.15, 0.2) is 0 Å². The molecule has 2 aromatic carbocycles. The molecule has 0 aliphatic carbocycles. The van der Waals surface area contributed by atoms with E-state index in [-0.39, 0.29) is 6.42 Å². The molecule has 0 radical (unpaired) electrons. The second-order valence-electron chi connectivity index (χ2n) is 5.44. The number of rotatable bonds is 4. The Morgan fingerprint density at radius 3 is 2.74 bits per heavy atom. The summed E-state index contributed by atoms with van der Waals surface area (Å²) in [5.74, 6) is -0.237. The zero-order chi connectivity index (χ0) is 16.6. The lowest BCUT2D eigenvalue weighted by atomic mass is 10.0. The number of aromatic nitrogens is 1. The molecule has 23 heavy (non-hydrogen) atoms. The van der Waals surface area contributed by atoms with Crippen molar-refractivity contribution in [3.63, 3.8) is 0 Å². The number of ether oxygens (including phenoxy) is 1. The van der Waals surface area contributed by atoms with Gasteiger partial charge < -0.3 is 14.8 Å². The van der Waals surface area contributed by atoms with Gasteiger partial charge in [-0.2, -0.15) is 0 Å². The van der Waals surface area contributed by atoms with Crippen LogP contribution in [0.15, 0.2) is 36.4 Å². The number of halogens is 1. The predicted molar refractivity (Wildman–Crippen MR) is 91.4 cm³/mol. The number of aryl methyl sites for hydroxylation is 1. The lowest BCUT2D eigenvalue weighted by Gasteiger charge is -2.09. The molecule has 2 N–H and O–H groups in total. The lowest BCUT2D eigenvalue weighted by Crippen LogP contribution is -2.01. The second-order valence-corrected chi connectivity index (χ2v) is 5.88. The minimum absolute atomic E-state index is 0.0749. The summed E-state index contributed by atoms with van der Waals surface area (Å²) in [4.78, 5) is 14.6. The van der Waals surface area contributed by atoms with Crippen molar-refractivity contribution in [1.29, 1.82) is 0 Å². The number of benzene rings is 2. The van der Waals surface area contributed by atoms with Crippen molar-refractivity contribution < 1.29 is 14.6 Å². The maximum atomic E-state index is 11.3. The third-order valence-corrected chi connectivity index (χ3v) is 4.06. The second kappa shape index (κ2) is 5.97. The van der Waals surface area contributed by atoms with Crippen molar-refractivity contribution in [2.24, 2.45) is 0 Å². The van der Waals surface area contributed by atoms with Crippen LogP contribution in [0.25, 0.3) is 22.2 Å². The summed E-state index contributed by atoms with van der Waals surface area (Å²) in [6, 6.07) is 11.2. The summed E-state index contributed by atoms with van der Waals surface area (Å²) >= 11 is 6.12. The maximum Gasteiger partial charge on any atom is 0.307 e. The van der Waals surface area contributed by atoms with Crippen LogP contribution < -0.4 is 4.74 Å². The Kier molecular flexibility index (Phi) is 4.01. The van der Waals surface area contributed by atoms with E-state index in [1.54, 1.807) is 25.3 Å². The van der Waals surface area contributed by atoms with Gasteiger partial charge >= 0.3 is 5.97 Å². The summed E-state index contributed by atoms with van der Waals surface area (Å²) in [5.41, 5.74) is 4.19. The standard InChI is InChI=1S/C18H16ClNO3/c1-10-3-5-15-12(7-10)13(9-17(21)22)18(20-15)14-8-11(19)4-6-16(14)23-2/h3-8,20H,9H2,1-2H3,(H,21,22). The molecule has 0 atom stereocenters. The first-order valence-corrected chi connectivity index (χ1v) is 7.54. The Bertz CT molecular complexity index is 899. The Labute approximate surface area is 138 Å². The highest BCUT2D eigenvalue weighted by molar-refractivity contribution is 6.31. The van der Waals surface area contributed by atoms with Gasteiger partial charge in [-0.25, -0.2) is 0 Å². The number of methoxy groups -OCH3 is 1. The van der Waals surface area contributed by atoms with Crippen LogP contribution in [-0.4, -0.2) is 23.2 Å². The van der Waals surface area contributed by atoms with E-state index in [9.17, 15) is 9.90 Å². The highest BCUT2D eigenvalue weighted by Crippen LogP contribution is 2.37. The van der Waals surface area contributed by atoms with Crippen LogP contribution in [0.4, 0.5) is 0 Å². The number of aromatic amines is 1. The number of carboxylic acids is 1. The van der Waals surface area contributed by atoms with Crippen molar-refractivity contribution >= 4 is 28.5 Å². The molecule has 0 bridgehead atoms. The molecule has 5 heteroatoms. The lowest BCUT2D eigenvalue weighted by molar-refractivity contribution is -0.136. The highest BCUT2D eigenvalue weighted by Gasteiger charge is 2.19. The van der Waals surface area contributed by atoms with Gasteiger partial charge in [0.05, 0.1) is 19.2 Å². The van der Waals surface area contributed by atoms with Gasteiger partial charge in [-0.05, 0) is 42.8 Å². The summed E-state index contributed by atoms with van der Waals surface area (Å²) in [5, 5.41) is 10.8. The molecule has 0 aliphatic heterocycles. The molecule has 3 rings (SSSR count). The molecule has 0 aliphatic rings. The fraction of sp³-hybridized carbons (Fsp3) is 0.167. The molecular formula is C18H16ClNO3. The molecule has 4 nitrogen and oxygen atoms in total. The van der Waals surface area contributed by atoms with Gasteiger partial charge in [0, 0.05) is 21.5 Å². The minimum atomic E-state index is -0.880. The Hall–Kier alpha value is -2.46. The quantitative estimate of drug-likeness (QED) is 0.744. The van der Waals surface area contributed by atoms with Gasteiger partial charge in [-0.1, -0.05) is 23.2 Å². The molecular weight excluding hydrogens is 314 g/mol. The molecule has 0 fully saturated rings. The van der Waals surface area contributed by atoms with Crippen LogP contribution >= 0.6 is 11.6 Å². The van der Waals surface area contributed by atoms with Crippen LogP contribution in [0.1, 0.15) is 11.1 Å². The summed E-state index contributed by atoms with van der Waals surface area (Å²) in [6.07, 6.45) is -0.0749. The van der Waals surface area contributed by atoms with E-state index in [1.807, 2.05) is 25.1 Å². The Morgan fingerprint density at radius 1 is 1.26 bits per heavy atom. The zero-order valence-electron chi connectivity index (χ0n) is 12.8. The van der Waals surface area contributed by atoms with E-state index < -0.39 is 5.97 Å². The third-order valence-electron chi connectivity index (χ3n) is 3.82. The van der Waals surface area contributed by atoms with Crippen molar-refractivity contribution in [1.82, 2.24) is 4.98 Å². The topological polar surface area (TPSA) is 62.3 Å². The van der Waals surface area contributed by atoms with Gasteiger partial charge in [-0.15, -0.1) is 0 Å². The summed E-state index contributed by atoms with van der Waals surface area (Å²) in [7, 11) is 1.58. The van der Waals surface area contributed by atoms with Gasteiger partial charge in [0.25, 0.3) is 0 Å². The molecule has 1 heterocycles. The normalized spacial score (nSPS) is 10.9. The van der Waals surface area contributed by atoms with E-state index in [2.05, 4.69) is 4.98 Å². The van der Waals surface area contributed by atoms with E-state index in [4.69, 9.17) is 16.3 Å². The highest BCUT2D eigenvalue weighted by atomic mass is 35.5. The van der Waals surface area contributed by atoms with Crippen molar-refractivity contribution in [2.45, 2.75) is 13.3 Å². The van der Waals surface area contributed by atoms with Crippen LogP contribution in [0.2, 0.25) is 5.02 Å². The van der Waals surface area contributed by atoms with Gasteiger partial charge in [0.1, 0.15) is 5.75 Å². The Balaban J connectivity index is 2.32. The smallest absolute Gasteiger partial charge is 0.307 e. The maximum absolute atomic E-state index is 11.3. The average Bonchev–Trinajstić information content (AvgIpc) is 2.84. The van der Waals surface area contributed by atoms with Crippen LogP contribution in [0.5, 0.6) is 5.75 Å². The largest absolute Gasteiger partial charge is 0.496 e. The number of aliphatic carboxylic acids is 1. The molecule has 0 saturated carbocycles. The van der Waals surface area contributed by atoms with Crippen molar-refractivity contribution in [2.75, 3.05) is 7.11 Å². The molecule has 0 saturated heterocycles. The molecule has 118 valence electrons. The number of nitrogens with one attached hydrogen (secondary N) is 1. The van der Waals surface area contributed by atoms with E-state index >= 15 is 0 Å². The molecule has 0 unspecified atom stereocenters. The predicted octanol–water partition coefficient (Wildman–Crippen LogP) is 4.43. The first-order valence-electron chi connectivity index (χ1n) is 7.16. The summed E-state index contributed by atoms with van der Waals surface area (Å²) < 4.78 is 5.41. The van der Waals surface area contributed by atoms with E-state index in [1.165, 1.54) is 0 Å². The van der Waals surface area contributed by atoms with Crippen molar-refractivity contribution in [3.05, 3.63) is 52.5 Å². The molecule has 0 amide bonds. The van der Waals surface area contributed by atoms with E-state index in [0.29, 0.717) is 10.8 Å². The van der Waals surface area contributed by atoms with Crippen LogP contribution in [0, 0.1) is 6.92 Å². The first-order chi connectivity index (χ1) is 11.0. The van der Waals surface area contributed by atoms with Crippen LogP contribution in [0.3, 0.4) is 0 Å². The number of hydrogen-bond donors (Lipinski definition) is 2. The zero-order valence-corrected chi connectivity index (χ0v) is 13.6. The SMILES string of the molecule is COc1ccc(Cl)cc1-c1[nH]c2ccc(C)cc2c1CC(=O)O.